The zero-order chi connectivity index (χ0) is 36.9. The average Bonchev–Trinajstić information content (AvgIpc) is 2.97. The number of benzene rings is 1. The van der Waals surface area contributed by atoms with Gasteiger partial charge in [-0.05, 0) is 32.9 Å². The van der Waals surface area contributed by atoms with Crippen LogP contribution in [0.25, 0.3) is 0 Å². The molecule has 3 unspecified atom stereocenters. The first-order valence-corrected chi connectivity index (χ1v) is 23.0. The number of hydrogen-bond acceptors (Lipinski definition) is 12. The van der Waals surface area contributed by atoms with E-state index in [1.165, 1.54) is 6.07 Å². The number of carbonyl (C=O) groups excluding carboxylic acids is 1. The lowest BCUT2D eigenvalue weighted by molar-refractivity contribution is -0.137. The number of carbonyl (C=O) groups is 1. The number of anilines is 1. The molecule has 0 bridgehead atoms. The molecule has 3 atom stereocenters. The van der Waals surface area contributed by atoms with Gasteiger partial charge in [-0.25, -0.2) is 0 Å². The minimum Gasteiger partial charge on any atom is -0.328 e. The van der Waals surface area contributed by atoms with Crippen LogP contribution in [0.1, 0.15) is 31.9 Å². The zero-order valence-electron chi connectivity index (χ0n) is 29.4. The van der Waals surface area contributed by atoms with Crippen LogP contribution in [-0.4, -0.2) is 143 Å². The maximum atomic E-state index is 13.8. The molecule has 0 aromatic heterocycles. The molecule has 0 spiro atoms. The fourth-order valence-electron chi connectivity index (χ4n) is 5.59. The third kappa shape index (κ3) is 16.1. The summed E-state index contributed by atoms with van der Waals surface area (Å²) >= 11 is 0. The van der Waals surface area contributed by atoms with Crippen LogP contribution in [0.4, 0.5) is 18.9 Å². The van der Waals surface area contributed by atoms with Crippen molar-refractivity contribution in [2.45, 2.75) is 26.9 Å². The Morgan fingerprint density at radius 1 is 0.755 bits per heavy atom. The average molecular weight is 759 g/mol. The van der Waals surface area contributed by atoms with Crippen molar-refractivity contribution in [3.63, 3.8) is 0 Å². The van der Waals surface area contributed by atoms with Gasteiger partial charge >= 0.3 is 6.18 Å². The lowest BCUT2D eigenvalue weighted by Crippen LogP contribution is -2.47. The molecule has 0 radical (unpaired) electrons. The van der Waals surface area contributed by atoms with Gasteiger partial charge in [0.1, 0.15) is 6.07 Å². The van der Waals surface area contributed by atoms with Gasteiger partial charge in [0.25, 0.3) is 0 Å². The highest BCUT2D eigenvalue weighted by atomic mass is 31.2. The van der Waals surface area contributed by atoms with Crippen LogP contribution in [0.2, 0.25) is 0 Å². The first kappa shape index (κ1) is 43.5. The lowest BCUT2D eigenvalue weighted by atomic mass is 10.1. The predicted octanol–water partition coefficient (Wildman–Crippen LogP) is 5.44. The van der Waals surface area contributed by atoms with Crippen LogP contribution in [0.3, 0.4) is 0 Å². The maximum absolute atomic E-state index is 13.8. The van der Waals surface area contributed by atoms with Gasteiger partial charge < -0.3 is 18.9 Å². The van der Waals surface area contributed by atoms with Crippen molar-refractivity contribution < 1.29 is 45.2 Å². The van der Waals surface area contributed by atoms with E-state index in [1.807, 2.05) is 14.7 Å². The second-order valence-corrected chi connectivity index (χ2v) is 19.9. The summed E-state index contributed by atoms with van der Waals surface area (Å²) in [7, 11) is -9.04. The van der Waals surface area contributed by atoms with Crippen molar-refractivity contribution in [2.75, 3.05) is 123 Å². The molecule has 49 heavy (non-hydrogen) atoms. The quantitative estimate of drug-likeness (QED) is 0.228. The van der Waals surface area contributed by atoms with Gasteiger partial charge in [-0.2, -0.15) is 18.4 Å². The van der Waals surface area contributed by atoms with E-state index in [9.17, 15) is 36.9 Å². The first-order valence-electron chi connectivity index (χ1n) is 16.3. The molecule has 0 aliphatic carbocycles. The van der Waals surface area contributed by atoms with Crippen molar-refractivity contribution in [3.05, 3.63) is 29.3 Å². The first-order chi connectivity index (χ1) is 22.8. The molecule has 280 valence electrons. The van der Waals surface area contributed by atoms with E-state index in [0.717, 1.165) is 12.1 Å². The Morgan fingerprint density at radius 2 is 1.12 bits per heavy atom. The summed E-state index contributed by atoms with van der Waals surface area (Å²) in [5.41, 5.74) is -2.04. The second kappa shape index (κ2) is 19.8. The molecule has 1 aromatic carbocycles. The Balaban J connectivity index is 2.41. The highest BCUT2D eigenvalue weighted by Gasteiger charge is 2.35. The molecule has 0 saturated carbocycles. The second-order valence-electron chi connectivity index (χ2n) is 12.2. The third-order valence-corrected chi connectivity index (χ3v) is 12.8. The number of para-hydroxylation sites is 1. The van der Waals surface area contributed by atoms with Gasteiger partial charge in [0.05, 0.1) is 62.0 Å². The molecule has 1 aliphatic rings. The highest BCUT2D eigenvalue weighted by Crippen LogP contribution is 2.45. The number of hydrogen-bond donors (Lipinski definition) is 1. The molecule has 1 fully saturated rings. The number of halogens is 3. The molecule has 1 amide bonds. The van der Waals surface area contributed by atoms with E-state index < -0.39 is 45.4 Å². The fourth-order valence-corrected chi connectivity index (χ4v) is 10.5. The third-order valence-electron chi connectivity index (χ3n) is 7.63. The van der Waals surface area contributed by atoms with E-state index in [-0.39, 0.29) is 57.3 Å². The summed E-state index contributed by atoms with van der Waals surface area (Å²) in [5.74, 6) is -0.745. The van der Waals surface area contributed by atoms with Crippen molar-refractivity contribution >= 4 is 33.7 Å². The Labute approximate surface area is 288 Å². The van der Waals surface area contributed by atoms with Crippen molar-refractivity contribution in [2.24, 2.45) is 0 Å². The smallest absolute Gasteiger partial charge is 0.328 e. The van der Waals surface area contributed by atoms with Gasteiger partial charge in [-0.3, -0.25) is 38.1 Å². The van der Waals surface area contributed by atoms with Gasteiger partial charge in [0.15, 0.2) is 0 Å². The molecule has 1 aliphatic heterocycles. The van der Waals surface area contributed by atoms with Crippen LogP contribution in [0, 0.1) is 11.3 Å². The van der Waals surface area contributed by atoms with Crippen LogP contribution >= 0.6 is 22.1 Å². The van der Waals surface area contributed by atoms with E-state index in [1.54, 1.807) is 51.7 Å². The Bertz CT molecular complexity index is 1370. The number of nitrogens with one attached hydrogen (secondary N) is 1. The Hall–Kier alpha value is -1.62. The summed E-state index contributed by atoms with van der Waals surface area (Å²) in [6.07, 6.45) is -4.37. The summed E-state index contributed by atoms with van der Waals surface area (Å²) in [6, 6.07) is 4.83. The summed E-state index contributed by atoms with van der Waals surface area (Å²) in [6.45, 7) is 13.4. The number of nitrogens with zero attached hydrogens (tertiary/aromatic N) is 5. The topological polar surface area (TPSA) is 145 Å². The minimum absolute atomic E-state index is 0.119. The fraction of sp³-hybridized carbons (Fsp3) is 0.733. The molecule has 13 nitrogen and oxygen atoms in total. The Kier molecular flexibility index (Phi) is 17.6. The summed E-state index contributed by atoms with van der Waals surface area (Å²) in [4.78, 5) is 20.9. The summed E-state index contributed by atoms with van der Waals surface area (Å²) in [5, 5.41) is 11.8. The molecular formula is C30H52F3N6O7P3. The van der Waals surface area contributed by atoms with Gasteiger partial charge in [-0.1, -0.05) is 6.07 Å². The summed E-state index contributed by atoms with van der Waals surface area (Å²) < 4.78 is 97.6. The number of rotatable bonds is 15. The largest absolute Gasteiger partial charge is 0.418 e. The van der Waals surface area contributed by atoms with Gasteiger partial charge in [0, 0.05) is 72.4 Å². The van der Waals surface area contributed by atoms with E-state index in [0.29, 0.717) is 45.9 Å². The molecule has 1 N–H and O–H groups in total. The number of amides is 1. The van der Waals surface area contributed by atoms with E-state index in [4.69, 9.17) is 13.6 Å². The Morgan fingerprint density at radius 3 is 1.45 bits per heavy atom. The van der Waals surface area contributed by atoms with Crippen molar-refractivity contribution in [1.82, 2.24) is 19.6 Å². The predicted molar refractivity (Wildman–Crippen MR) is 186 cm³/mol. The van der Waals surface area contributed by atoms with E-state index >= 15 is 0 Å². The van der Waals surface area contributed by atoms with Crippen LogP contribution in [-0.2, 0) is 38.2 Å². The van der Waals surface area contributed by atoms with Crippen LogP contribution in [0.15, 0.2) is 18.2 Å². The normalized spacial score (nSPS) is 20.6. The van der Waals surface area contributed by atoms with Gasteiger partial charge in [-0.15, -0.1) is 0 Å². The molecule has 1 saturated heterocycles. The standard InChI is InChI=1S/C30H52F3N6O7P3/c1-7-44-47(4,41)23-37-15-13-36(22-28(40)35-29-26(21-34)11-10-12-27(29)30(31,32)33)14-16-38(24-48(5,42)45-8-2)18-20-39(19-17-37)25-49(6,43)46-9-3/h10-12H,7-9,13-20,22-25H2,1-6H3,(H,35,40). The zero-order valence-corrected chi connectivity index (χ0v) is 32.1. The van der Waals surface area contributed by atoms with Crippen molar-refractivity contribution in [1.29, 1.82) is 5.26 Å². The number of nitriles is 1. The van der Waals surface area contributed by atoms with Gasteiger partial charge in [0.2, 0.25) is 28.0 Å². The maximum Gasteiger partial charge on any atom is 0.418 e. The monoisotopic (exact) mass is 758 g/mol. The minimum atomic E-state index is -4.80. The highest BCUT2D eigenvalue weighted by molar-refractivity contribution is 7.58. The van der Waals surface area contributed by atoms with E-state index in [2.05, 4.69) is 5.32 Å². The lowest BCUT2D eigenvalue weighted by Gasteiger charge is -2.35. The molecule has 2 rings (SSSR count). The van der Waals surface area contributed by atoms with Crippen LogP contribution in [0.5, 0.6) is 0 Å². The number of alkyl halides is 3. The van der Waals surface area contributed by atoms with Crippen molar-refractivity contribution in [3.8, 4) is 6.07 Å². The molecule has 19 heteroatoms. The van der Waals surface area contributed by atoms with Crippen LogP contribution < -0.4 is 5.32 Å². The molecule has 1 heterocycles. The molecular weight excluding hydrogens is 706 g/mol. The molecule has 1 aromatic rings. The SMILES string of the molecule is CCOP(C)(=O)CN1CCN(CC(=O)Nc2c(C#N)cccc2C(F)(F)F)CCN(CP(C)(=O)OCC)CCN(CP(C)(=O)OCC)CC1.